The monoisotopic (exact) mass is 449 g/mol. The fourth-order valence-electron chi connectivity index (χ4n) is 2.57. The number of thioether (sulfide) groups is 1. The summed E-state index contributed by atoms with van der Waals surface area (Å²) in [6.07, 6.45) is -3.12. The molecular weight excluding hydrogens is 430 g/mol. The highest BCUT2D eigenvalue weighted by molar-refractivity contribution is 7.99. The number of nitrogens with one attached hydrogen (secondary N) is 1. The lowest BCUT2D eigenvalue weighted by molar-refractivity contribution is -0.106. The van der Waals surface area contributed by atoms with E-state index in [4.69, 9.17) is 9.47 Å². The van der Waals surface area contributed by atoms with E-state index in [1.807, 2.05) is 0 Å². The molecule has 1 aromatic heterocycles. The molecule has 13 heteroatoms. The van der Waals surface area contributed by atoms with Crippen molar-refractivity contribution in [1.29, 1.82) is 0 Å². The Bertz CT molecular complexity index is 952. The Morgan fingerprint density at radius 1 is 1.21 bits per heavy atom. The SMILES string of the molecule is Bc1cccc(C(SC)c2nc(OC)cc(OC)n2)c1NS(=O)(=O)CC(F)(F)F. The number of methoxy groups -OCH3 is 2. The number of benzene rings is 1. The van der Waals surface area contributed by atoms with E-state index < -0.39 is 27.2 Å². The Labute approximate surface area is 171 Å². The summed E-state index contributed by atoms with van der Waals surface area (Å²) in [4.78, 5) is 8.57. The number of aromatic nitrogens is 2. The van der Waals surface area contributed by atoms with Crippen LogP contribution in [-0.4, -0.2) is 58.6 Å². The summed E-state index contributed by atoms with van der Waals surface area (Å²) < 4.78 is 74.4. The van der Waals surface area contributed by atoms with Crippen LogP contribution in [0.1, 0.15) is 16.6 Å². The molecular formula is C16H19BF3N3O4S2. The van der Waals surface area contributed by atoms with Gasteiger partial charge in [-0.25, -0.2) is 8.42 Å². The van der Waals surface area contributed by atoms with Gasteiger partial charge in [-0.05, 0) is 11.8 Å². The molecule has 0 saturated carbocycles. The Kier molecular flexibility index (Phi) is 7.27. The highest BCUT2D eigenvalue weighted by atomic mass is 32.2. The van der Waals surface area contributed by atoms with Gasteiger partial charge in [0.2, 0.25) is 21.8 Å². The van der Waals surface area contributed by atoms with Crippen molar-refractivity contribution in [1.82, 2.24) is 9.97 Å². The van der Waals surface area contributed by atoms with E-state index in [2.05, 4.69) is 14.7 Å². The maximum Gasteiger partial charge on any atom is 0.404 e. The standard InChI is InChI=1S/C16H19BF3N3O4S2/c1-26-11-7-12(27-2)22-15(21-11)14(28-3)9-5-4-6-10(17)13(9)23-29(24,25)8-16(18,19)20/h4-7,14,23H,8,17H2,1-3H3. The lowest BCUT2D eigenvalue weighted by Gasteiger charge is -2.21. The van der Waals surface area contributed by atoms with Crippen molar-refractivity contribution in [2.75, 3.05) is 31.0 Å². The molecule has 2 aromatic rings. The first kappa shape index (κ1) is 23.1. The largest absolute Gasteiger partial charge is 0.481 e. The van der Waals surface area contributed by atoms with Gasteiger partial charge in [0.25, 0.3) is 0 Å². The predicted molar refractivity (Wildman–Crippen MR) is 109 cm³/mol. The molecule has 158 valence electrons. The molecule has 7 nitrogen and oxygen atoms in total. The number of hydrogen-bond donors (Lipinski definition) is 1. The molecule has 1 atom stereocenters. The normalized spacial score (nSPS) is 13.0. The van der Waals surface area contributed by atoms with Crippen LogP contribution in [0.2, 0.25) is 0 Å². The zero-order chi connectivity index (χ0) is 21.8. The van der Waals surface area contributed by atoms with Crippen molar-refractivity contribution in [3.05, 3.63) is 35.7 Å². The average molecular weight is 449 g/mol. The number of para-hydroxylation sites is 1. The van der Waals surface area contributed by atoms with Gasteiger partial charge in [0.15, 0.2) is 11.6 Å². The number of anilines is 1. The van der Waals surface area contributed by atoms with Crippen LogP contribution in [0.15, 0.2) is 24.3 Å². The second kappa shape index (κ2) is 9.12. The maximum atomic E-state index is 12.6. The van der Waals surface area contributed by atoms with Crippen molar-refractivity contribution in [3.63, 3.8) is 0 Å². The average Bonchev–Trinajstić information content (AvgIpc) is 2.62. The van der Waals surface area contributed by atoms with Crippen molar-refractivity contribution in [2.24, 2.45) is 0 Å². The molecule has 1 aromatic carbocycles. The van der Waals surface area contributed by atoms with E-state index in [1.54, 1.807) is 32.3 Å². The smallest absolute Gasteiger partial charge is 0.404 e. The minimum absolute atomic E-state index is 0.0569. The molecule has 0 spiro atoms. The Balaban J connectivity index is 2.55. The van der Waals surface area contributed by atoms with Gasteiger partial charge < -0.3 is 9.47 Å². The summed E-state index contributed by atoms with van der Waals surface area (Å²) in [6, 6.07) is 6.35. The maximum absolute atomic E-state index is 12.6. The molecule has 0 aliphatic carbocycles. The Hall–Kier alpha value is -2.15. The van der Waals surface area contributed by atoms with Crippen molar-refractivity contribution in [3.8, 4) is 11.8 Å². The summed E-state index contributed by atoms with van der Waals surface area (Å²) in [5.41, 5.74) is 0.933. The van der Waals surface area contributed by atoms with E-state index in [1.165, 1.54) is 32.0 Å². The van der Waals surface area contributed by atoms with Crippen LogP contribution in [0.5, 0.6) is 11.8 Å². The summed E-state index contributed by atoms with van der Waals surface area (Å²) in [6.45, 7) is 0. The molecule has 29 heavy (non-hydrogen) atoms. The van der Waals surface area contributed by atoms with Crippen LogP contribution in [0.3, 0.4) is 0 Å². The Morgan fingerprint density at radius 2 is 1.79 bits per heavy atom. The van der Waals surface area contributed by atoms with Gasteiger partial charge in [0, 0.05) is 5.69 Å². The van der Waals surface area contributed by atoms with Gasteiger partial charge in [-0.2, -0.15) is 23.1 Å². The molecule has 1 heterocycles. The first-order chi connectivity index (χ1) is 13.5. The Morgan fingerprint density at radius 3 is 2.28 bits per heavy atom. The fraction of sp³-hybridized carbons (Fsp3) is 0.375. The third kappa shape index (κ3) is 6.16. The van der Waals surface area contributed by atoms with Gasteiger partial charge in [-0.1, -0.05) is 23.7 Å². The fourth-order valence-corrected chi connectivity index (χ4v) is 4.43. The van der Waals surface area contributed by atoms with E-state index in [-0.39, 0.29) is 23.3 Å². The number of halogens is 3. The predicted octanol–water partition coefficient (Wildman–Crippen LogP) is 1.51. The zero-order valence-electron chi connectivity index (χ0n) is 16.1. The first-order valence-electron chi connectivity index (χ1n) is 8.16. The van der Waals surface area contributed by atoms with E-state index >= 15 is 0 Å². The van der Waals surface area contributed by atoms with E-state index in [9.17, 15) is 21.6 Å². The first-order valence-corrected chi connectivity index (χ1v) is 11.1. The van der Waals surface area contributed by atoms with Crippen LogP contribution in [0.25, 0.3) is 0 Å². The lowest BCUT2D eigenvalue weighted by Crippen LogP contribution is -2.30. The van der Waals surface area contributed by atoms with Crippen LogP contribution >= 0.6 is 11.8 Å². The topological polar surface area (TPSA) is 90.4 Å². The number of ether oxygens (including phenoxy) is 2. The third-order valence-electron chi connectivity index (χ3n) is 3.78. The molecule has 0 saturated heterocycles. The number of hydrogen-bond acceptors (Lipinski definition) is 7. The third-order valence-corrected chi connectivity index (χ3v) is 5.94. The van der Waals surface area contributed by atoms with Gasteiger partial charge >= 0.3 is 6.18 Å². The summed E-state index contributed by atoms with van der Waals surface area (Å²) in [7, 11) is -0.225. The van der Waals surface area contributed by atoms with Gasteiger partial charge in [0.1, 0.15) is 7.85 Å². The van der Waals surface area contributed by atoms with Crippen LogP contribution in [-0.2, 0) is 10.0 Å². The molecule has 0 aliphatic heterocycles. The summed E-state index contributed by atoms with van der Waals surface area (Å²) >= 11 is 1.28. The zero-order valence-corrected chi connectivity index (χ0v) is 17.7. The molecule has 2 rings (SSSR count). The molecule has 0 bridgehead atoms. The summed E-state index contributed by atoms with van der Waals surface area (Å²) in [5.74, 6) is -1.26. The van der Waals surface area contributed by atoms with Crippen LogP contribution in [0, 0.1) is 0 Å². The molecule has 1 unspecified atom stereocenters. The minimum Gasteiger partial charge on any atom is -0.481 e. The van der Waals surface area contributed by atoms with Crippen LogP contribution in [0.4, 0.5) is 18.9 Å². The molecule has 0 aliphatic rings. The molecule has 1 N–H and O–H groups in total. The van der Waals surface area contributed by atoms with Crippen molar-refractivity contribution < 1.29 is 31.1 Å². The summed E-state index contributed by atoms with van der Waals surface area (Å²) in [5, 5.41) is -0.595. The van der Waals surface area contributed by atoms with E-state index in [0.29, 0.717) is 11.0 Å². The van der Waals surface area contributed by atoms with Gasteiger partial charge in [-0.3, -0.25) is 4.72 Å². The highest BCUT2D eigenvalue weighted by Crippen LogP contribution is 2.37. The second-order valence-electron chi connectivity index (χ2n) is 5.94. The number of alkyl halides is 3. The van der Waals surface area contributed by atoms with Gasteiger partial charge in [0.05, 0.1) is 25.5 Å². The quantitative estimate of drug-likeness (QED) is 0.611. The van der Waals surface area contributed by atoms with Gasteiger partial charge in [-0.15, -0.1) is 11.8 Å². The van der Waals surface area contributed by atoms with E-state index in [0.717, 1.165) is 0 Å². The molecule has 0 amide bonds. The molecule has 0 radical (unpaired) electrons. The number of rotatable bonds is 8. The number of sulfonamides is 1. The molecule has 0 fully saturated rings. The van der Waals surface area contributed by atoms with Crippen LogP contribution < -0.4 is 19.7 Å². The minimum atomic E-state index is -4.86. The second-order valence-corrected chi connectivity index (χ2v) is 8.61. The highest BCUT2D eigenvalue weighted by Gasteiger charge is 2.36. The lowest BCUT2D eigenvalue weighted by atomic mass is 9.91. The van der Waals surface area contributed by atoms with Crippen molar-refractivity contribution >= 4 is 40.8 Å². The van der Waals surface area contributed by atoms with Crippen molar-refractivity contribution in [2.45, 2.75) is 11.4 Å². The number of nitrogens with zero attached hydrogens (tertiary/aromatic N) is 2.